The van der Waals surface area contributed by atoms with Crippen LogP contribution in [0.15, 0.2) is 64.4 Å². The van der Waals surface area contributed by atoms with E-state index in [9.17, 15) is 18.0 Å². The summed E-state index contributed by atoms with van der Waals surface area (Å²) >= 11 is 0. The summed E-state index contributed by atoms with van der Waals surface area (Å²) in [7, 11) is -3.64. The normalized spacial score (nSPS) is 15.4. The van der Waals surface area contributed by atoms with E-state index in [1.54, 1.807) is 45.8 Å². The molecule has 0 unspecified atom stereocenters. The Bertz CT molecular complexity index is 1550. The number of piperazine rings is 1. The number of sulfonamides is 1. The van der Waals surface area contributed by atoms with E-state index in [4.69, 9.17) is 0 Å². The van der Waals surface area contributed by atoms with Crippen LogP contribution in [0.1, 0.15) is 35.7 Å². The fraction of sp³-hybridized carbons (Fsp3) is 0.292. The van der Waals surface area contributed by atoms with Crippen LogP contribution in [-0.2, 0) is 10.0 Å². The molecule has 1 aliphatic heterocycles. The number of fused-ring (bicyclic) bond motifs is 3. The van der Waals surface area contributed by atoms with Crippen molar-refractivity contribution in [1.82, 2.24) is 23.8 Å². The highest BCUT2D eigenvalue weighted by atomic mass is 32.2. The Kier molecular flexibility index (Phi) is 5.49. The maximum atomic E-state index is 13.2. The lowest BCUT2D eigenvalue weighted by Crippen LogP contribution is -2.50. The van der Waals surface area contributed by atoms with Gasteiger partial charge >= 0.3 is 0 Å². The second-order valence-corrected chi connectivity index (χ2v) is 10.6. The zero-order valence-electron chi connectivity index (χ0n) is 18.9. The Balaban J connectivity index is 1.35. The predicted octanol–water partition coefficient (Wildman–Crippen LogP) is 2.45. The maximum absolute atomic E-state index is 13.2. The smallest absolute Gasteiger partial charge is 0.259 e. The zero-order valence-corrected chi connectivity index (χ0v) is 19.7. The molecule has 0 bridgehead atoms. The molecule has 4 aromatic rings. The second-order valence-electron chi connectivity index (χ2n) is 8.71. The lowest BCUT2D eigenvalue weighted by molar-refractivity contribution is 0.0699. The molecule has 0 radical (unpaired) electrons. The Morgan fingerprint density at radius 3 is 2.35 bits per heavy atom. The lowest BCUT2D eigenvalue weighted by Gasteiger charge is -2.33. The third-order valence-electron chi connectivity index (χ3n) is 6.32. The first-order valence-corrected chi connectivity index (χ1v) is 12.6. The number of benzene rings is 2. The van der Waals surface area contributed by atoms with Crippen molar-refractivity contribution in [1.29, 1.82) is 0 Å². The van der Waals surface area contributed by atoms with Gasteiger partial charge in [-0.15, -0.1) is 0 Å². The SMILES string of the molecule is CC(C)c1ccc(S(=O)(=O)N2CCN(C(=O)c3cnn4c3[nH]c(=O)c3ccccc34)CC2)cc1. The average Bonchev–Trinajstić information content (AvgIpc) is 3.28. The first-order chi connectivity index (χ1) is 16.3. The van der Waals surface area contributed by atoms with E-state index in [-0.39, 0.29) is 48.1 Å². The van der Waals surface area contributed by atoms with Crippen LogP contribution in [0.3, 0.4) is 0 Å². The van der Waals surface area contributed by atoms with Gasteiger partial charge in [0.25, 0.3) is 11.5 Å². The van der Waals surface area contributed by atoms with E-state index in [1.807, 2.05) is 12.1 Å². The molecule has 5 rings (SSSR count). The molecule has 2 aromatic heterocycles. The molecule has 0 aliphatic carbocycles. The highest BCUT2D eigenvalue weighted by Crippen LogP contribution is 2.22. The molecule has 9 nitrogen and oxygen atoms in total. The van der Waals surface area contributed by atoms with Gasteiger partial charge in [0.15, 0.2) is 0 Å². The van der Waals surface area contributed by atoms with Gasteiger partial charge in [-0.25, -0.2) is 12.9 Å². The minimum atomic E-state index is -3.64. The minimum Gasteiger partial charge on any atom is -0.336 e. The van der Waals surface area contributed by atoms with Gasteiger partial charge in [-0.3, -0.25) is 9.59 Å². The minimum absolute atomic E-state index is 0.193. The summed E-state index contributed by atoms with van der Waals surface area (Å²) in [6, 6.07) is 14.0. The van der Waals surface area contributed by atoms with E-state index in [0.29, 0.717) is 22.5 Å². The van der Waals surface area contributed by atoms with Gasteiger partial charge in [-0.05, 0) is 35.7 Å². The van der Waals surface area contributed by atoms with Gasteiger partial charge in [0.1, 0.15) is 11.2 Å². The van der Waals surface area contributed by atoms with Gasteiger partial charge in [0, 0.05) is 26.2 Å². The third kappa shape index (κ3) is 3.68. The van der Waals surface area contributed by atoms with Crippen molar-refractivity contribution in [2.24, 2.45) is 0 Å². The third-order valence-corrected chi connectivity index (χ3v) is 8.23. The standard InChI is InChI=1S/C24H25N5O4S/c1-16(2)17-7-9-18(10-8-17)34(32,33)28-13-11-27(12-14-28)24(31)20-15-25-29-21-6-4-3-5-19(21)23(30)26-22(20)29/h3-10,15-16H,11-14H2,1-2H3,(H,26,30). The molecule has 34 heavy (non-hydrogen) atoms. The summed E-state index contributed by atoms with van der Waals surface area (Å²) in [6.45, 7) is 5.00. The van der Waals surface area contributed by atoms with E-state index >= 15 is 0 Å². The molecule has 10 heteroatoms. The van der Waals surface area contributed by atoms with Gasteiger partial charge in [-0.2, -0.15) is 9.40 Å². The fourth-order valence-corrected chi connectivity index (χ4v) is 5.73. The Morgan fingerprint density at radius 1 is 1.00 bits per heavy atom. The maximum Gasteiger partial charge on any atom is 0.259 e. The fourth-order valence-electron chi connectivity index (χ4n) is 4.31. The number of para-hydroxylation sites is 1. The molecule has 1 fully saturated rings. The topological polar surface area (TPSA) is 108 Å². The zero-order chi connectivity index (χ0) is 24.0. The number of carbonyl (C=O) groups is 1. The molecule has 0 saturated carbocycles. The molecule has 2 aromatic carbocycles. The number of hydrogen-bond acceptors (Lipinski definition) is 5. The number of aromatic nitrogens is 3. The number of H-pyrrole nitrogens is 1. The lowest BCUT2D eigenvalue weighted by atomic mass is 10.0. The molecule has 0 atom stereocenters. The number of rotatable bonds is 4. The summed E-state index contributed by atoms with van der Waals surface area (Å²) in [5.41, 5.74) is 2.00. The summed E-state index contributed by atoms with van der Waals surface area (Å²) in [5.74, 6) is 0.0263. The molecule has 0 spiro atoms. The van der Waals surface area contributed by atoms with Gasteiger partial charge < -0.3 is 9.88 Å². The number of nitrogens with one attached hydrogen (secondary N) is 1. The first-order valence-electron chi connectivity index (χ1n) is 11.2. The number of hydrogen-bond donors (Lipinski definition) is 1. The molecule has 1 amide bonds. The summed E-state index contributed by atoms with van der Waals surface area (Å²) < 4.78 is 29.1. The van der Waals surface area contributed by atoms with Crippen LogP contribution in [0.5, 0.6) is 0 Å². The summed E-state index contributed by atoms with van der Waals surface area (Å²) in [5, 5.41) is 4.79. The Hall–Kier alpha value is -3.50. The molecular formula is C24H25N5O4S. The van der Waals surface area contributed by atoms with Crippen molar-refractivity contribution in [2.75, 3.05) is 26.2 Å². The number of carbonyl (C=O) groups excluding carboxylic acids is 1. The average molecular weight is 480 g/mol. The van der Waals surface area contributed by atoms with E-state index in [2.05, 4.69) is 23.9 Å². The van der Waals surface area contributed by atoms with E-state index < -0.39 is 10.0 Å². The van der Waals surface area contributed by atoms with Crippen molar-refractivity contribution in [3.63, 3.8) is 0 Å². The monoisotopic (exact) mass is 479 g/mol. The van der Waals surface area contributed by atoms with Crippen LogP contribution in [-0.4, -0.2) is 64.3 Å². The molecular weight excluding hydrogens is 454 g/mol. The predicted molar refractivity (Wildman–Crippen MR) is 129 cm³/mol. The van der Waals surface area contributed by atoms with Crippen LogP contribution < -0.4 is 5.56 Å². The summed E-state index contributed by atoms with van der Waals surface area (Å²) in [6.07, 6.45) is 1.44. The molecule has 3 heterocycles. The highest BCUT2D eigenvalue weighted by molar-refractivity contribution is 7.89. The molecule has 1 saturated heterocycles. The van der Waals surface area contributed by atoms with Crippen molar-refractivity contribution in [3.8, 4) is 0 Å². The number of aromatic amines is 1. The van der Waals surface area contributed by atoms with Crippen LogP contribution in [0.25, 0.3) is 16.6 Å². The molecule has 1 N–H and O–H groups in total. The van der Waals surface area contributed by atoms with Crippen LogP contribution in [0, 0.1) is 0 Å². The van der Waals surface area contributed by atoms with Crippen molar-refractivity contribution in [2.45, 2.75) is 24.7 Å². The Morgan fingerprint density at radius 2 is 1.68 bits per heavy atom. The quantitative estimate of drug-likeness (QED) is 0.484. The largest absolute Gasteiger partial charge is 0.336 e. The van der Waals surface area contributed by atoms with Crippen molar-refractivity contribution < 1.29 is 13.2 Å². The van der Waals surface area contributed by atoms with Gasteiger partial charge in [-0.1, -0.05) is 38.1 Å². The van der Waals surface area contributed by atoms with Crippen LogP contribution in [0.4, 0.5) is 0 Å². The van der Waals surface area contributed by atoms with Crippen molar-refractivity contribution >= 4 is 32.5 Å². The van der Waals surface area contributed by atoms with E-state index in [1.165, 1.54) is 10.5 Å². The summed E-state index contributed by atoms with van der Waals surface area (Å²) in [4.78, 5) is 30.3. The first kappa shape index (κ1) is 22.3. The number of amides is 1. The van der Waals surface area contributed by atoms with Crippen LogP contribution in [0.2, 0.25) is 0 Å². The molecule has 176 valence electrons. The van der Waals surface area contributed by atoms with E-state index in [0.717, 1.165) is 5.56 Å². The number of nitrogens with zero attached hydrogens (tertiary/aromatic N) is 4. The second kappa shape index (κ2) is 8.37. The van der Waals surface area contributed by atoms with Crippen LogP contribution >= 0.6 is 0 Å². The molecule has 1 aliphatic rings. The van der Waals surface area contributed by atoms with Crippen molar-refractivity contribution in [3.05, 3.63) is 76.2 Å². The highest BCUT2D eigenvalue weighted by Gasteiger charge is 2.31. The van der Waals surface area contributed by atoms with Gasteiger partial charge in [0.05, 0.1) is 22.0 Å². The van der Waals surface area contributed by atoms with Gasteiger partial charge in [0.2, 0.25) is 10.0 Å². The Labute approximate surface area is 196 Å².